The molecule has 4 heteroatoms. The monoisotopic (exact) mass is 458 g/mol. The van der Waals surface area contributed by atoms with Crippen LogP contribution in [0.4, 0.5) is 0 Å². The lowest BCUT2D eigenvalue weighted by atomic mass is 10.1. The molecule has 1 atom stereocenters. The van der Waals surface area contributed by atoms with Crippen molar-refractivity contribution in [3.05, 3.63) is 120 Å². The second-order valence-corrected chi connectivity index (χ2v) is 11.4. The number of unbranched alkanes of at least 4 members (excludes halogenated alkanes) is 1. The molecule has 0 aliphatic carbocycles. The van der Waals surface area contributed by atoms with Crippen LogP contribution in [0.5, 0.6) is 11.5 Å². The van der Waals surface area contributed by atoms with E-state index in [-0.39, 0.29) is 0 Å². The molecule has 3 aromatic rings. The zero-order valence-electron chi connectivity index (χ0n) is 18.1. The molecule has 0 N–H and O–H groups in total. The minimum absolute atomic E-state index is 0.709. The van der Waals surface area contributed by atoms with Gasteiger partial charge in [0.25, 0.3) is 0 Å². The molecule has 2 nitrogen and oxygen atoms in total. The van der Waals surface area contributed by atoms with Gasteiger partial charge in [-0.2, -0.15) is 0 Å². The third-order valence-electron chi connectivity index (χ3n) is 5.66. The summed E-state index contributed by atoms with van der Waals surface area (Å²) in [5.41, 5.74) is 0. The number of hydrogen-bond donors (Lipinski definition) is 0. The largest absolute Gasteiger partial charge is 0.454 e. The molecule has 1 unspecified atom stereocenters. The van der Waals surface area contributed by atoms with E-state index < -0.39 is 8.80 Å². The highest BCUT2D eigenvalue weighted by atomic mass is 35.5. The summed E-state index contributed by atoms with van der Waals surface area (Å²) >= 11 is 6.13. The molecule has 162 valence electrons. The molecule has 0 bridgehead atoms. The van der Waals surface area contributed by atoms with E-state index in [9.17, 15) is 0 Å². The third kappa shape index (κ3) is 5.24. The third-order valence-corrected chi connectivity index (χ3v) is 9.12. The fourth-order valence-corrected chi connectivity index (χ4v) is 7.18. The van der Waals surface area contributed by atoms with Crippen molar-refractivity contribution < 1.29 is 9.47 Å². The molecule has 4 rings (SSSR count). The van der Waals surface area contributed by atoms with E-state index in [1.54, 1.807) is 6.08 Å². The first-order valence-corrected chi connectivity index (χ1v) is 13.0. The van der Waals surface area contributed by atoms with Crippen LogP contribution in [0.15, 0.2) is 115 Å². The molecular weight excluding hydrogens is 432 g/mol. The van der Waals surface area contributed by atoms with Crippen molar-refractivity contribution in [1.82, 2.24) is 0 Å². The van der Waals surface area contributed by atoms with E-state index in [0.29, 0.717) is 5.76 Å². The first-order chi connectivity index (χ1) is 15.7. The first-order valence-electron chi connectivity index (χ1n) is 10.9. The van der Waals surface area contributed by atoms with Gasteiger partial charge in [0, 0.05) is 11.4 Å². The van der Waals surface area contributed by atoms with Crippen LogP contribution in [0.2, 0.25) is 5.02 Å². The number of hydrogen-bond acceptors (Lipinski definition) is 2. The first kappa shape index (κ1) is 22.2. The van der Waals surface area contributed by atoms with Gasteiger partial charge in [-0.25, -0.2) is 0 Å². The summed E-state index contributed by atoms with van der Waals surface area (Å²) in [6, 6.07) is 26.7. The van der Waals surface area contributed by atoms with E-state index in [1.807, 2.05) is 36.4 Å². The Morgan fingerprint density at radius 1 is 0.812 bits per heavy atom. The molecule has 0 radical (unpaired) electrons. The topological polar surface area (TPSA) is 18.5 Å². The summed E-state index contributed by atoms with van der Waals surface area (Å²) in [5.74, 6) is 3.05. The molecule has 0 amide bonds. The van der Waals surface area contributed by atoms with E-state index >= 15 is 0 Å². The molecule has 0 spiro atoms. The SMILES string of the molecule is C=CC1=C(CCCCC(=C)[SiH](c2ccccc2)c2ccc(Cl)cc2)Oc2ccccc2O1. The Hall–Kier alpha value is -3.01. The van der Waals surface area contributed by atoms with Crippen LogP contribution in [0.1, 0.15) is 25.7 Å². The summed E-state index contributed by atoms with van der Waals surface area (Å²) in [5, 5.41) is 4.84. The standard InChI is InChI=1S/C28H27ClO2Si/c1-3-25-26(31-28-16-10-9-15-27(28)30-25)14-8-7-11-21(2)32(23-12-5-4-6-13-23)24-19-17-22(29)18-20-24/h3-6,9-10,12-13,15-20,32H,1-2,7-8,11,14H2. The number of ether oxygens (including phenoxy) is 2. The molecule has 0 fully saturated rings. The zero-order valence-corrected chi connectivity index (χ0v) is 20.0. The van der Waals surface area contributed by atoms with Gasteiger partial charge >= 0.3 is 0 Å². The number of halogens is 1. The van der Waals surface area contributed by atoms with Crippen LogP contribution < -0.4 is 19.8 Å². The second-order valence-electron chi connectivity index (χ2n) is 7.90. The fourth-order valence-electron chi connectivity index (χ4n) is 4.05. The maximum atomic E-state index is 6.13. The predicted octanol–water partition coefficient (Wildman–Crippen LogP) is 6.21. The summed E-state index contributed by atoms with van der Waals surface area (Å²) in [6.07, 6.45) is 5.56. The van der Waals surface area contributed by atoms with Gasteiger partial charge in [0.15, 0.2) is 17.3 Å². The highest BCUT2D eigenvalue weighted by Crippen LogP contribution is 2.36. The lowest BCUT2D eigenvalue weighted by molar-refractivity contribution is 0.290. The smallest absolute Gasteiger partial charge is 0.170 e. The van der Waals surface area contributed by atoms with Gasteiger partial charge in [-0.3, -0.25) is 0 Å². The molecule has 0 saturated heterocycles. The number of allylic oxidation sites excluding steroid dienone is 3. The van der Waals surface area contributed by atoms with Crippen molar-refractivity contribution in [3.8, 4) is 11.5 Å². The van der Waals surface area contributed by atoms with Gasteiger partial charge in [0.2, 0.25) is 0 Å². The van der Waals surface area contributed by atoms with Crippen LogP contribution in [0, 0.1) is 0 Å². The van der Waals surface area contributed by atoms with E-state index in [4.69, 9.17) is 21.1 Å². The van der Waals surface area contributed by atoms with Gasteiger partial charge in [0.1, 0.15) is 14.6 Å². The minimum Gasteiger partial charge on any atom is -0.454 e. The summed E-state index contributed by atoms with van der Waals surface area (Å²) in [4.78, 5) is 0. The molecule has 32 heavy (non-hydrogen) atoms. The van der Waals surface area contributed by atoms with Crippen LogP contribution in [-0.2, 0) is 0 Å². The fraction of sp³-hybridized carbons (Fsp3) is 0.143. The maximum Gasteiger partial charge on any atom is 0.170 e. The van der Waals surface area contributed by atoms with Crippen molar-refractivity contribution in [3.63, 3.8) is 0 Å². The van der Waals surface area contributed by atoms with Gasteiger partial charge < -0.3 is 9.47 Å². The van der Waals surface area contributed by atoms with Crippen LogP contribution >= 0.6 is 11.6 Å². The highest BCUT2D eigenvalue weighted by Gasteiger charge is 2.21. The van der Waals surface area contributed by atoms with Gasteiger partial charge in [-0.1, -0.05) is 88.3 Å². The second kappa shape index (κ2) is 10.5. The van der Waals surface area contributed by atoms with Gasteiger partial charge in [-0.15, -0.1) is 6.58 Å². The van der Waals surface area contributed by atoms with Crippen molar-refractivity contribution in [2.45, 2.75) is 25.7 Å². The normalized spacial score (nSPS) is 13.5. The van der Waals surface area contributed by atoms with Crippen LogP contribution in [0.25, 0.3) is 0 Å². The Kier molecular flexibility index (Phi) is 7.31. The van der Waals surface area contributed by atoms with Gasteiger partial charge in [0.05, 0.1) is 0 Å². The zero-order chi connectivity index (χ0) is 22.3. The predicted molar refractivity (Wildman–Crippen MR) is 137 cm³/mol. The van der Waals surface area contributed by atoms with E-state index in [1.165, 1.54) is 15.6 Å². The quantitative estimate of drug-likeness (QED) is 0.280. The van der Waals surface area contributed by atoms with Crippen LogP contribution in [0.3, 0.4) is 0 Å². The molecular formula is C28H27ClO2Si. The molecule has 1 aliphatic heterocycles. The number of fused-ring (bicyclic) bond motifs is 1. The van der Waals surface area contributed by atoms with E-state index in [0.717, 1.165) is 48.0 Å². The summed E-state index contributed by atoms with van der Waals surface area (Å²) in [6.45, 7) is 8.40. The van der Waals surface area contributed by atoms with E-state index in [2.05, 4.69) is 55.6 Å². The van der Waals surface area contributed by atoms with Crippen molar-refractivity contribution in [1.29, 1.82) is 0 Å². The van der Waals surface area contributed by atoms with Crippen LogP contribution in [-0.4, -0.2) is 8.80 Å². The lowest BCUT2D eigenvalue weighted by Gasteiger charge is -2.22. The number of benzene rings is 3. The minimum atomic E-state index is -1.54. The number of para-hydroxylation sites is 2. The van der Waals surface area contributed by atoms with Gasteiger partial charge in [-0.05, 0) is 49.6 Å². The average molecular weight is 459 g/mol. The molecule has 0 saturated carbocycles. The lowest BCUT2D eigenvalue weighted by Crippen LogP contribution is -2.43. The Balaban J connectivity index is 1.40. The Morgan fingerprint density at radius 3 is 2.12 bits per heavy atom. The maximum absolute atomic E-state index is 6.13. The molecule has 3 aromatic carbocycles. The van der Waals surface area contributed by atoms with Crippen molar-refractivity contribution >= 4 is 30.8 Å². The summed E-state index contributed by atoms with van der Waals surface area (Å²) < 4.78 is 12.0. The Morgan fingerprint density at radius 2 is 1.44 bits per heavy atom. The molecule has 0 aromatic heterocycles. The Labute approximate surface area is 197 Å². The van der Waals surface area contributed by atoms with Crippen molar-refractivity contribution in [2.24, 2.45) is 0 Å². The molecule has 1 heterocycles. The number of rotatable bonds is 9. The Bertz CT molecular complexity index is 1120. The van der Waals surface area contributed by atoms with Crippen molar-refractivity contribution in [2.75, 3.05) is 0 Å². The summed E-state index contributed by atoms with van der Waals surface area (Å²) in [7, 11) is -1.54. The average Bonchev–Trinajstić information content (AvgIpc) is 2.83. The molecule has 1 aliphatic rings. The highest BCUT2D eigenvalue weighted by molar-refractivity contribution is 6.90.